The van der Waals surface area contributed by atoms with Crippen LogP contribution in [0.3, 0.4) is 0 Å². The summed E-state index contributed by atoms with van der Waals surface area (Å²) in [6, 6.07) is 6.03. The number of fused-ring (bicyclic) bond motifs is 1. The monoisotopic (exact) mass is 205 g/mol. The van der Waals surface area contributed by atoms with Crippen molar-refractivity contribution in [3.05, 3.63) is 29.3 Å². The summed E-state index contributed by atoms with van der Waals surface area (Å²) in [4.78, 5) is 11.6. The number of rotatable bonds is 1. The molecule has 0 bridgehead atoms. The van der Waals surface area contributed by atoms with Gasteiger partial charge in [0.25, 0.3) is 0 Å². The SMILES string of the molecule is COC(=O)C1CCNc2c(C)cccc21. The van der Waals surface area contributed by atoms with Crippen LogP contribution in [0.4, 0.5) is 5.69 Å². The number of para-hydroxylation sites is 1. The third kappa shape index (κ3) is 1.69. The van der Waals surface area contributed by atoms with Gasteiger partial charge in [-0.2, -0.15) is 0 Å². The predicted molar refractivity (Wildman–Crippen MR) is 59.0 cm³/mol. The smallest absolute Gasteiger partial charge is 0.313 e. The summed E-state index contributed by atoms with van der Waals surface area (Å²) in [5.74, 6) is -0.241. The van der Waals surface area contributed by atoms with Gasteiger partial charge in [-0.1, -0.05) is 18.2 Å². The van der Waals surface area contributed by atoms with Crippen LogP contribution in [-0.4, -0.2) is 19.6 Å². The zero-order valence-electron chi connectivity index (χ0n) is 9.04. The maximum Gasteiger partial charge on any atom is 0.313 e. The first-order valence-electron chi connectivity index (χ1n) is 5.15. The highest BCUT2D eigenvalue weighted by Crippen LogP contribution is 2.34. The van der Waals surface area contributed by atoms with E-state index in [2.05, 4.69) is 5.32 Å². The number of methoxy groups -OCH3 is 1. The molecule has 1 heterocycles. The number of nitrogens with one attached hydrogen (secondary N) is 1. The van der Waals surface area contributed by atoms with Crippen molar-refractivity contribution in [3.63, 3.8) is 0 Å². The molecule has 0 amide bonds. The molecule has 1 aliphatic heterocycles. The van der Waals surface area contributed by atoms with Crippen molar-refractivity contribution >= 4 is 11.7 Å². The molecule has 2 rings (SSSR count). The van der Waals surface area contributed by atoms with E-state index < -0.39 is 0 Å². The molecule has 1 aromatic carbocycles. The van der Waals surface area contributed by atoms with Gasteiger partial charge in [0.1, 0.15) is 0 Å². The number of hydrogen-bond acceptors (Lipinski definition) is 3. The van der Waals surface area contributed by atoms with E-state index in [-0.39, 0.29) is 11.9 Å². The maximum atomic E-state index is 11.6. The van der Waals surface area contributed by atoms with Crippen molar-refractivity contribution < 1.29 is 9.53 Å². The van der Waals surface area contributed by atoms with E-state index in [0.717, 1.165) is 24.2 Å². The summed E-state index contributed by atoms with van der Waals surface area (Å²) in [6.45, 7) is 2.88. The second-order valence-corrected chi connectivity index (χ2v) is 3.83. The van der Waals surface area contributed by atoms with Crippen molar-refractivity contribution in [1.82, 2.24) is 0 Å². The largest absolute Gasteiger partial charge is 0.469 e. The third-order valence-corrected chi connectivity index (χ3v) is 2.90. The predicted octanol–water partition coefficient (Wildman–Crippen LogP) is 2.07. The van der Waals surface area contributed by atoms with E-state index in [0.29, 0.717) is 0 Å². The normalized spacial score (nSPS) is 18.9. The topological polar surface area (TPSA) is 38.3 Å². The lowest BCUT2D eigenvalue weighted by Crippen LogP contribution is -2.24. The minimum atomic E-state index is -0.136. The van der Waals surface area contributed by atoms with Gasteiger partial charge >= 0.3 is 5.97 Å². The molecule has 80 valence electrons. The Labute approximate surface area is 89.4 Å². The van der Waals surface area contributed by atoms with E-state index in [4.69, 9.17) is 4.74 Å². The van der Waals surface area contributed by atoms with E-state index in [1.807, 2.05) is 25.1 Å². The number of carbonyl (C=O) groups excluding carboxylic acids is 1. The fourth-order valence-electron chi connectivity index (χ4n) is 2.11. The Kier molecular flexibility index (Phi) is 2.62. The zero-order chi connectivity index (χ0) is 10.8. The van der Waals surface area contributed by atoms with Gasteiger partial charge in [0, 0.05) is 12.2 Å². The summed E-state index contributed by atoms with van der Waals surface area (Å²) in [7, 11) is 1.44. The molecule has 1 aliphatic rings. The lowest BCUT2D eigenvalue weighted by Gasteiger charge is -2.26. The number of esters is 1. The van der Waals surface area contributed by atoms with Gasteiger partial charge in [-0.05, 0) is 24.5 Å². The summed E-state index contributed by atoms with van der Waals surface area (Å²) in [5, 5.41) is 3.33. The minimum absolute atomic E-state index is 0.105. The molecule has 1 unspecified atom stereocenters. The van der Waals surface area contributed by atoms with Crippen molar-refractivity contribution in [1.29, 1.82) is 0 Å². The summed E-state index contributed by atoms with van der Waals surface area (Å²) in [5.41, 5.74) is 3.34. The van der Waals surface area contributed by atoms with E-state index >= 15 is 0 Å². The molecule has 0 saturated heterocycles. The number of benzene rings is 1. The summed E-state index contributed by atoms with van der Waals surface area (Å²) >= 11 is 0. The number of hydrogen-bond donors (Lipinski definition) is 1. The second-order valence-electron chi connectivity index (χ2n) is 3.83. The van der Waals surface area contributed by atoms with Gasteiger partial charge in [-0.25, -0.2) is 0 Å². The van der Waals surface area contributed by atoms with Gasteiger partial charge < -0.3 is 10.1 Å². The minimum Gasteiger partial charge on any atom is -0.469 e. The van der Waals surface area contributed by atoms with Gasteiger partial charge in [-0.3, -0.25) is 4.79 Å². The standard InChI is InChI=1S/C12H15NO2/c1-8-4-3-5-9-10(12(14)15-2)6-7-13-11(8)9/h3-5,10,13H,6-7H2,1-2H3. The van der Waals surface area contributed by atoms with Crippen molar-refractivity contribution in [3.8, 4) is 0 Å². The Morgan fingerprint density at radius 1 is 1.53 bits per heavy atom. The summed E-state index contributed by atoms with van der Waals surface area (Å²) in [6.07, 6.45) is 0.809. The van der Waals surface area contributed by atoms with Crippen molar-refractivity contribution in [2.45, 2.75) is 19.3 Å². The van der Waals surface area contributed by atoms with Crippen LogP contribution >= 0.6 is 0 Å². The number of carbonyl (C=O) groups is 1. The molecule has 1 N–H and O–H groups in total. The molecule has 3 nitrogen and oxygen atoms in total. The number of ether oxygens (including phenoxy) is 1. The first-order chi connectivity index (χ1) is 7.24. The van der Waals surface area contributed by atoms with Crippen LogP contribution in [0, 0.1) is 6.92 Å². The van der Waals surface area contributed by atoms with Crippen LogP contribution in [0.1, 0.15) is 23.5 Å². The van der Waals surface area contributed by atoms with Gasteiger partial charge in [-0.15, -0.1) is 0 Å². The van der Waals surface area contributed by atoms with E-state index in [1.165, 1.54) is 12.7 Å². The van der Waals surface area contributed by atoms with Gasteiger partial charge in [0.05, 0.1) is 13.0 Å². The number of aryl methyl sites for hydroxylation is 1. The van der Waals surface area contributed by atoms with Gasteiger partial charge in [0.15, 0.2) is 0 Å². The molecule has 3 heteroatoms. The maximum absolute atomic E-state index is 11.6. The Hall–Kier alpha value is -1.51. The Morgan fingerprint density at radius 3 is 3.07 bits per heavy atom. The zero-order valence-corrected chi connectivity index (χ0v) is 9.04. The van der Waals surface area contributed by atoms with Crippen LogP contribution < -0.4 is 5.32 Å². The molecule has 0 aromatic heterocycles. The molecular formula is C12H15NO2. The molecule has 0 saturated carbocycles. The fraction of sp³-hybridized carbons (Fsp3) is 0.417. The lowest BCUT2D eigenvalue weighted by atomic mass is 9.89. The molecule has 0 spiro atoms. The van der Waals surface area contributed by atoms with E-state index in [9.17, 15) is 4.79 Å². The molecular weight excluding hydrogens is 190 g/mol. The first kappa shape index (κ1) is 10.0. The van der Waals surface area contributed by atoms with E-state index in [1.54, 1.807) is 0 Å². The van der Waals surface area contributed by atoms with Crippen LogP contribution in [-0.2, 0) is 9.53 Å². The summed E-state index contributed by atoms with van der Waals surface area (Å²) < 4.78 is 4.82. The van der Waals surface area contributed by atoms with Crippen molar-refractivity contribution in [2.24, 2.45) is 0 Å². The highest BCUT2D eigenvalue weighted by molar-refractivity contribution is 5.82. The lowest BCUT2D eigenvalue weighted by molar-refractivity contribution is -0.142. The Bertz CT molecular complexity index is 387. The fourth-order valence-corrected chi connectivity index (χ4v) is 2.11. The molecule has 1 atom stereocenters. The first-order valence-corrected chi connectivity index (χ1v) is 5.15. The van der Waals surface area contributed by atoms with Gasteiger partial charge in [0.2, 0.25) is 0 Å². The van der Waals surface area contributed by atoms with Crippen LogP contribution in [0.2, 0.25) is 0 Å². The average Bonchev–Trinajstić information content (AvgIpc) is 2.28. The highest BCUT2D eigenvalue weighted by Gasteiger charge is 2.27. The Morgan fingerprint density at radius 2 is 2.33 bits per heavy atom. The highest BCUT2D eigenvalue weighted by atomic mass is 16.5. The average molecular weight is 205 g/mol. The molecule has 0 fully saturated rings. The molecule has 0 radical (unpaired) electrons. The van der Waals surface area contributed by atoms with Crippen molar-refractivity contribution in [2.75, 3.05) is 19.0 Å². The number of anilines is 1. The Balaban J connectivity index is 2.42. The molecule has 0 aliphatic carbocycles. The van der Waals surface area contributed by atoms with Crippen LogP contribution in [0.5, 0.6) is 0 Å². The van der Waals surface area contributed by atoms with Crippen LogP contribution in [0.15, 0.2) is 18.2 Å². The third-order valence-electron chi connectivity index (χ3n) is 2.90. The quantitative estimate of drug-likeness (QED) is 0.713. The van der Waals surface area contributed by atoms with Crippen LogP contribution in [0.25, 0.3) is 0 Å². The molecule has 1 aromatic rings. The molecule has 15 heavy (non-hydrogen) atoms. The second kappa shape index (κ2) is 3.93.